The number of hydrogen-bond acceptors (Lipinski definition) is 2. The maximum atomic E-state index is 5.51. The number of methoxy groups -OCH3 is 1. The number of aryl methyl sites for hydroxylation is 2. The molecule has 0 radical (unpaired) electrons. The summed E-state index contributed by atoms with van der Waals surface area (Å²) in [5, 5.41) is 3.25. The molecule has 2 nitrogen and oxygen atoms in total. The second-order valence-corrected chi connectivity index (χ2v) is 4.36. The first kappa shape index (κ1) is 13.0. The molecule has 0 saturated carbocycles. The van der Waals surface area contributed by atoms with E-state index in [0.717, 1.165) is 18.7 Å². The van der Waals surface area contributed by atoms with Crippen LogP contribution < -0.4 is 10.1 Å². The van der Waals surface area contributed by atoms with Gasteiger partial charge in [0.05, 0.1) is 7.11 Å². The van der Waals surface area contributed by atoms with Crippen LogP contribution in [0.2, 0.25) is 0 Å². The fraction of sp³-hybridized carbons (Fsp3) is 0.571. The molecule has 0 aliphatic carbocycles. The van der Waals surface area contributed by atoms with Gasteiger partial charge in [0.2, 0.25) is 0 Å². The van der Waals surface area contributed by atoms with Crippen LogP contribution in [0, 0.1) is 13.8 Å². The van der Waals surface area contributed by atoms with E-state index in [4.69, 9.17) is 4.74 Å². The van der Waals surface area contributed by atoms with E-state index >= 15 is 0 Å². The van der Waals surface area contributed by atoms with Crippen LogP contribution in [0.25, 0.3) is 0 Å². The average molecular weight is 221 g/mol. The van der Waals surface area contributed by atoms with Crippen molar-refractivity contribution in [2.45, 2.75) is 33.1 Å². The van der Waals surface area contributed by atoms with Crippen molar-refractivity contribution >= 4 is 0 Å². The quantitative estimate of drug-likeness (QED) is 0.825. The van der Waals surface area contributed by atoms with Crippen molar-refractivity contribution in [3.05, 3.63) is 28.8 Å². The van der Waals surface area contributed by atoms with Crippen LogP contribution in [0.4, 0.5) is 0 Å². The van der Waals surface area contributed by atoms with Crippen LogP contribution in [-0.2, 0) is 0 Å². The van der Waals surface area contributed by atoms with E-state index in [0.29, 0.717) is 5.92 Å². The van der Waals surface area contributed by atoms with Gasteiger partial charge in [-0.3, -0.25) is 0 Å². The molecule has 0 aliphatic heterocycles. The van der Waals surface area contributed by atoms with Gasteiger partial charge in [0.15, 0.2) is 0 Å². The minimum Gasteiger partial charge on any atom is -0.496 e. The van der Waals surface area contributed by atoms with Crippen LogP contribution in [-0.4, -0.2) is 20.7 Å². The average Bonchev–Trinajstić information content (AvgIpc) is 2.25. The summed E-state index contributed by atoms with van der Waals surface area (Å²) in [5.74, 6) is 1.56. The molecule has 1 atom stereocenters. The first-order valence-corrected chi connectivity index (χ1v) is 5.93. The standard InChI is InChI=1S/C14H23NO/c1-6-12(9-15-4)14-11(3)7-10(2)8-13(14)16-5/h7-8,12,15H,6,9H2,1-5H3. The summed E-state index contributed by atoms with van der Waals surface area (Å²) in [4.78, 5) is 0. The molecule has 1 unspecified atom stereocenters. The zero-order valence-electron chi connectivity index (χ0n) is 11.1. The van der Waals surface area contributed by atoms with Gasteiger partial charge in [-0.25, -0.2) is 0 Å². The number of benzene rings is 1. The van der Waals surface area contributed by atoms with Gasteiger partial charge in [-0.15, -0.1) is 0 Å². The van der Waals surface area contributed by atoms with Gasteiger partial charge in [0, 0.05) is 12.1 Å². The molecule has 0 saturated heterocycles. The van der Waals surface area contributed by atoms with Crippen molar-refractivity contribution in [2.24, 2.45) is 0 Å². The van der Waals surface area contributed by atoms with E-state index in [2.05, 4.69) is 38.2 Å². The van der Waals surface area contributed by atoms with Crippen LogP contribution in [0.15, 0.2) is 12.1 Å². The third kappa shape index (κ3) is 2.76. The van der Waals surface area contributed by atoms with E-state index in [-0.39, 0.29) is 0 Å². The Morgan fingerprint density at radius 3 is 2.50 bits per heavy atom. The highest BCUT2D eigenvalue weighted by molar-refractivity contribution is 5.45. The second-order valence-electron chi connectivity index (χ2n) is 4.36. The molecule has 90 valence electrons. The van der Waals surface area contributed by atoms with Crippen LogP contribution in [0.5, 0.6) is 5.75 Å². The van der Waals surface area contributed by atoms with Crippen molar-refractivity contribution in [3.63, 3.8) is 0 Å². The first-order chi connectivity index (χ1) is 7.63. The largest absolute Gasteiger partial charge is 0.496 e. The fourth-order valence-electron chi connectivity index (χ4n) is 2.33. The predicted octanol–water partition coefficient (Wildman–Crippen LogP) is 3.03. The zero-order valence-corrected chi connectivity index (χ0v) is 11.1. The maximum Gasteiger partial charge on any atom is 0.122 e. The highest BCUT2D eigenvalue weighted by Gasteiger charge is 2.16. The zero-order chi connectivity index (χ0) is 12.1. The van der Waals surface area contributed by atoms with Gasteiger partial charge in [-0.2, -0.15) is 0 Å². The third-order valence-corrected chi connectivity index (χ3v) is 3.06. The summed E-state index contributed by atoms with van der Waals surface area (Å²) >= 11 is 0. The number of nitrogens with one attached hydrogen (secondary N) is 1. The molecule has 1 N–H and O–H groups in total. The molecule has 0 heterocycles. The predicted molar refractivity (Wildman–Crippen MR) is 69.4 cm³/mol. The van der Waals surface area contributed by atoms with Gasteiger partial charge in [-0.1, -0.05) is 13.0 Å². The molecule has 0 amide bonds. The molecular weight excluding hydrogens is 198 g/mol. The van der Waals surface area contributed by atoms with E-state index < -0.39 is 0 Å². The lowest BCUT2D eigenvalue weighted by molar-refractivity contribution is 0.402. The Labute approximate surface area is 99.0 Å². The van der Waals surface area contributed by atoms with Gasteiger partial charge in [0.1, 0.15) is 5.75 Å². The Bertz CT molecular complexity index is 347. The van der Waals surface area contributed by atoms with Crippen molar-refractivity contribution in [1.29, 1.82) is 0 Å². The van der Waals surface area contributed by atoms with Crippen LogP contribution in [0.3, 0.4) is 0 Å². The van der Waals surface area contributed by atoms with Crippen molar-refractivity contribution in [1.82, 2.24) is 5.32 Å². The summed E-state index contributed by atoms with van der Waals surface area (Å²) in [7, 11) is 3.75. The SMILES string of the molecule is CCC(CNC)c1c(C)cc(C)cc1OC. The Balaban J connectivity index is 3.18. The lowest BCUT2D eigenvalue weighted by Gasteiger charge is -2.21. The summed E-state index contributed by atoms with van der Waals surface area (Å²) in [6.45, 7) is 7.50. The number of rotatable bonds is 5. The molecule has 16 heavy (non-hydrogen) atoms. The Morgan fingerprint density at radius 2 is 2.00 bits per heavy atom. The summed E-state index contributed by atoms with van der Waals surface area (Å²) in [6.07, 6.45) is 1.13. The molecule has 0 fully saturated rings. The second kappa shape index (κ2) is 5.90. The van der Waals surface area contributed by atoms with Gasteiger partial charge in [0.25, 0.3) is 0 Å². The normalized spacial score (nSPS) is 12.6. The molecule has 0 spiro atoms. The molecule has 1 aromatic rings. The van der Waals surface area contributed by atoms with Crippen molar-refractivity contribution in [3.8, 4) is 5.75 Å². The third-order valence-electron chi connectivity index (χ3n) is 3.06. The highest BCUT2D eigenvalue weighted by Crippen LogP contribution is 2.32. The first-order valence-electron chi connectivity index (χ1n) is 5.93. The minimum atomic E-state index is 0.528. The molecule has 2 heteroatoms. The number of hydrogen-bond donors (Lipinski definition) is 1. The lowest BCUT2D eigenvalue weighted by atomic mass is 9.90. The Morgan fingerprint density at radius 1 is 1.31 bits per heavy atom. The lowest BCUT2D eigenvalue weighted by Crippen LogP contribution is -2.18. The molecule has 0 aromatic heterocycles. The number of likely N-dealkylation sites (N-methyl/N-ethyl adjacent to an activating group) is 1. The van der Waals surface area contributed by atoms with E-state index in [1.165, 1.54) is 16.7 Å². The van der Waals surface area contributed by atoms with Gasteiger partial charge < -0.3 is 10.1 Å². The monoisotopic (exact) mass is 221 g/mol. The number of ether oxygens (including phenoxy) is 1. The topological polar surface area (TPSA) is 21.3 Å². The van der Waals surface area contributed by atoms with E-state index in [1.807, 2.05) is 7.05 Å². The van der Waals surface area contributed by atoms with Crippen LogP contribution >= 0.6 is 0 Å². The summed E-state index contributed by atoms with van der Waals surface area (Å²) in [5.41, 5.74) is 3.95. The molecule has 0 bridgehead atoms. The van der Waals surface area contributed by atoms with Gasteiger partial charge >= 0.3 is 0 Å². The van der Waals surface area contributed by atoms with Crippen LogP contribution in [0.1, 0.15) is 36.0 Å². The molecule has 0 aliphatic rings. The van der Waals surface area contributed by atoms with Crippen molar-refractivity contribution < 1.29 is 4.74 Å². The van der Waals surface area contributed by atoms with Gasteiger partial charge in [-0.05, 0) is 50.4 Å². The maximum absolute atomic E-state index is 5.51. The summed E-state index contributed by atoms with van der Waals surface area (Å²) < 4.78 is 5.51. The smallest absolute Gasteiger partial charge is 0.122 e. The van der Waals surface area contributed by atoms with Crippen molar-refractivity contribution in [2.75, 3.05) is 20.7 Å². The highest BCUT2D eigenvalue weighted by atomic mass is 16.5. The summed E-state index contributed by atoms with van der Waals surface area (Å²) in [6, 6.07) is 4.36. The Hall–Kier alpha value is -1.02. The minimum absolute atomic E-state index is 0.528. The Kier molecular flexibility index (Phi) is 4.81. The molecule has 1 aromatic carbocycles. The fourth-order valence-corrected chi connectivity index (χ4v) is 2.33. The molecular formula is C14H23NO. The van der Waals surface area contributed by atoms with E-state index in [1.54, 1.807) is 7.11 Å². The van der Waals surface area contributed by atoms with E-state index in [9.17, 15) is 0 Å². The molecule has 1 rings (SSSR count).